The molecule has 0 fully saturated rings. The van der Waals surface area contributed by atoms with E-state index >= 15 is 0 Å². The second kappa shape index (κ2) is 14.9. The maximum Gasteiger partial charge on any atom is 0.224 e. The molecule has 4 rings (SSSR count). The van der Waals surface area contributed by atoms with Crippen molar-refractivity contribution >= 4 is 28.5 Å². The molecule has 208 valence electrons. The van der Waals surface area contributed by atoms with Gasteiger partial charge in [0.1, 0.15) is 24.0 Å². The Hall–Kier alpha value is -3.34. The zero-order chi connectivity index (χ0) is 28.3. The maximum absolute atomic E-state index is 13.8. The Morgan fingerprint density at radius 3 is 2.23 bits per heavy atom. The molecule has 8 heteroatoms. The Kier molecular flexibility index (Phi) is 11.0. The molecule has 0 spiro atoms. The van der Waals surface area contributed by atoms with Crippen LogP contribution in [0.1, 0.15) is 22.3 Å². The molecule has 0 unspecified atom stereocenters. The van der Waals surface area contributed by atoms with Gasteiger partial charge < -0.3 is 20.5 Å². The van der Waals surface area contributed by atoms with Crippen molar-refractivity contribution in [3.05, 3.63) is 135 Å². The molecule has 0 heterocycles. The number of amides is 1. The zero-order valence-electron chi connectivity index (χ0n) is 21.8. The van der Waals surface area contributed by atoms with Gasteiger partial charge in [0.05, 0.1) is 18.6 Å². The Balaban J connectivity index is 1.36. The molecule has 0 aliphatic heterocycles. The van der Waals surface area contributed by atoms with E-state index in [4.69, 9.17) is 4.74 Å². The Bertz CT molecular complexity index is 1370. The van der Waals surface area contributed by atoms with Crippen LogP contribution in [0.15, 0.2) is 97.1 Å². The number of carbonyl (C=O) groups excluding carboxylic acids is 1. The molecule has 0 aliphatic rings. The van der Waals surface area contributed by atoms with Gasteiger partial charge in [0.15, 0.2) is 0 Å². The number of ether oxygens (including phenoxy) is 1. The van der Waals surface area contributed by atoms with E-state index in [2.05, 4.69) is 33.2 Å². The van der Waals surface area contributed by atoms with Crippen LogP contribution in [-0.2, 0) is 30.8 Å². The van der Waals surface area contributed by atoms with Crippen molar-refractivity contribution in [1.29, 1.82) is 0 Å². The molecule has 40 heavy (non-hydrogen) atoms. The second-order valence-corrected chi connectivity index (χ2v) is 10.8. The van der Waals surface area contributed by atoms with E-state index in [9.17, 15) is 18.7 Å². The van der Waals surface area contributed by atoms with E-state index in [-0.39, 0.29) is 25.3 Å². The van der Waals surface area contributed by atoms with E-state index in [0.29, 0.717) is 24.5 Å². The fourth-order valence-electron chi connectivity index (χ4n) is 4.31. The highest BCUT2D eigenvalue weighted by Gasteiger charge is 2.22. The summed E-state index contributed by atoms with van der Waals surface area (Å²) in [5.74, 6) is -1.04. The van der Waals surface area contributed by atoms with Crippen molar-refractivity contribution in [3.63, 3.8) is 0 Å². The normalized spacial score (nSPS) is 12.5. The van der Waals surface area contributed by atoms with Gasteiger partial charge in [-0.05, 0) is 87.7 Å². The van der Waals surface area contributed by atoms with Crippen LogP contribution in [0.3, 0.4) is 0 Å². The summed E-state index contributed by atoms with van der Waals surface area (Å²) >= 11 is 2.24. The van der Waals surface area contributed by atoms with Crippen molar-refractivity contribution < 1.29 is 23.4 Å². The first-order valence-electron chi connectivity index (χ1n) is 13.0. The van der Waals surface area contributed by atoms with E-state index in [1.54, 1.807) is 0 Å². The number of rotatable bonds is 13. The monoisotopic (exact) mass is 656 g/mol. The lowest BCUT2D eigenvalue weighted by Gasteiger charge is -2.25. The molecule has 4 aromatic rings. The number of aliphatic hydroxyl groups is 1. The molecule has 5 nitrogen and oxygen atoms in total. The summed E-state index contributed by atoms with van der Waals surface area (Å²) in [6, 6.07) is 27.5. The van der Waals surface area contributed by atoms with E-state index < -0.39 is 23.8 Å². The van der Waals surface area contributed by atoms with Crippen LogP contribution in [0, 0.1) is 15.2 Å². The summed E-state index contributed by atoms with van der Waals surface area (Å²) in [4.78, 5) is 13.0. The first kappa shape index (κ1) is 29.6. The zero-order valence-corrected chi connectivity index (χ0v) is 24.0. The SMILES string of the molecule is O=C(Cc1ccc(OCc2ccccc2)cc1)N[C@H](Cc1cc(F)cc(F)c1)[C@H](O)CNCc1cccc(I)c1. The Morgan fingerprint density at radius 1 is 0.825 bits per heavy atom. The van der Waals surface area contributed by atoms with Gasteiger partial charge in [-0.1, -0.05) is 54.6 Å². The van der Waals surface area contributed by atoms with Crippen LogP contribution in [-0.4, -0.2) is 29.7 Å². The minimum absolute atomic E-state index is 0.0682. The van der Waals surface area contributed by atoms with Crippen molar-refractivity contribution in [2.45, 2.75) is 38.1 Å². The third kappa shape index (κ3) is 9.69. The minimum Gasteiger partial charge on any atom is -0.489 e. The van der Waals surface area contributed by atoms with Gasteiger partial charge >= 0.3 is 0 Å². The summed E-state index contributed by atoms with van der Waals surface area (Å²) in [7, 11) is 0. The topological polar surface area (TPSA) is 70.6 Å². The van der Waals surface area contributed by atoms with Gasteiger partial charge in [-0.2, -0.15) is 0 Å². The average molecular weight is 657 g/mol. The first-order valence-corrected chi connectivity index (χ1v) is 14.0. The van der Waals surface area contributed by atoms with Gasteiger partial charge in [0.2, 0.25) is 5.91 Å². The van der Waals surface area contributed by atoms with Gasteiger partial charge in [0, 0.05) is 22.7 Å². The van der Waals surface area contributed by atoms with Gasteiger partial charge in [0.25, 0.3) is 0 Å². The largest absolute Gasteiger partial charge is 0.489 e. The van der Waals surface area contributed by atoms with Crippen LogP contribution in [0.2, 0.25) is 0 Å². The summed E-state index contributed by atoms with van der Waals surface area (Å²) in [5.41, 5.74) is 3.23. The molecule has 3 N–H and O–H groups in total. The predicted molar refractivity (Wildman–Crippen MR) is 160 cm³/mol. The van der Waals surface area contributed by atoms with Crippen LogP contribution in [0.4, 0.5) is 8.78 Å². The molecular formula is C32H31F2IN2O3. The number of nitrogens with one attached hydrogen (secondary N) is 2. The molecule has 0 aliphatic carbocycles. The van der Waals surface area contributed by atoms with E-state index in [1.165, 1.54) is 12.1 Å². The minimum atomic E-state index is -0.994. The quantitative estimate of drug-likeness (QED) is 0.165. The van der Waals surface area contributed by atoms with Crippen LogP contribution < -0.4 is 15.4 Å². The summed E-state index contributed by atoms with van der Waals surface area (Å²) in [6.07, 6.45) is -0.847. The summed E-state index contributed by atoms with van der Waals surface area (Å²) in [6.45, 7) is 1.15. The Labute approximate surface area is 246 Å². The molecule has 0 saturated carbocycles. The molecular weight excluding hydrogens is 625 g/mol. The highest BCUT2D eigenvalue weighted by Crippen LogP contribution is 2.16. The second-order valence-electron chi connectivity index (χ2n) is 9.58. The lowest BCUT2D eigenvalue weighted by atomic mass is 10.00. The Morgan fingerprint density at radius 2 is 1.52 bits per heavy atom. The summed E-state index contributed by atoms with van der Waals surface area (Å²) < 4.78 is 34.6. The lowest BCUT2D eigenvalue weighted by Crippen LogP contribution is -2.49. The van der Waals surface area contributed by atoms with Crippen LogP contribution >= 0.6 is 22.6 Å². The molecule has 0 bridgehead atoms. The van der Waals surface area contributed by atoms with Crippen molar-refractivity contribution in [2.24, 2.45) is 0 Å². The van der Waals surface area contributed by atoms with E-state index in [0.717, 1.165) is 26.3 Å². The number of carbonyl (C=O) groups is 1. The molecule has 2 atom stereocenters. The lowest BCUT2D eigenvalue weighted by molar-refractivity contribution is -0.122. The smallest absolute Gasteiger partial charge is 0.224 e. The molecule has 0 aromatic heterocycles. The van der Waals surface area contributed by atoms with Crippen LogP contribution in [0.25, 0.3) is 0 Å². The van der Waals surface area contributed by atoms with Crippen molar-refractivity contribution in [2.75, 3.05) is 6.54 Å². The van der Waals surface area contributed by atoms with Crippen molar-refractivity contribution in [1.82, 2.24) is 10.6 Å². The number of hydrogen-bond acceptors (Lipinski definition) is 4. The fourth-order valence-corrected chi connectivity index (χ4v) is 4.91. The first-order chi connectivity index (χ1) is 19.3. The van der Waals surface area contributed by atoms with Crippen LogP contribution in [0.5, 0.6) is 5.75 Å². The van der Waals surface area contributed by atoms with E-state index in [1.807, 2.05) is 78.9 Å². The third-order valence-corrected chi connectivity index (χ3v) is 6.97. The predicted octanol–water partition coefficient (Wildman–Crippen LogP) is 5.57. The standard InChI is InChI=1S/C32H31F2IN2O3/c33-26-13-25(14-27(34)18-26)16-30(31(38)20-36-19-24-7-4-8-28(35)15-24)37-32(39)17-22-9-11-29(12-10-22)40-21-23-5-2-1-3-6-23/h1-15,18,30-31,36,38H,16-17,19-21H2,(H,37,39)/t30-,31-/m1/s1. The highest BCUT2D eigenvalue weighted by molar-refractivity contribution is 14.1. The van der Waals surface area contributed by atoms with Gasteiger partial charge in [-0.3, -0.25) is 4.79 Å². The number of aliphatic hydroxyl groups excluding tert-OH is 1. The average Bonchev–Trinajstić information content (AvgIpc) is 2.92. The van der Waals surface area contributed by atoms with Crippen molar-refractivity contribution in [3.8, 4) is 5.75 Å². The fraction of sp³-hybridized carbons (Fsp3) is 0.219. The number of halogens is 3. The van der Waals surface area contributed by atoms with Gasteiger partial charge in [-0.25, -0.2) is 8.78 Å². The third-order valence-electron chi connectivity index (χ3n) is 6.30. The molecule has 0 radical (unpaired) electrons. The molecule has 4 aromatic carbocycles. The number of hydrogen-bond donors (Lipinski definition) is 3. The van der Waals surface area contributed by atoms with Gasteiger partial charge in [-0.15, -0.1) is 0 Å². The molecule has 1 amide bonds. The maximum atomic E-state index is 13.8. The molecule has 0 saturated heterocycles. The number of benzene rings is 4. The summed E-state index contributed by atoms with van der Waals surface area (Å²) in [5, 5.41) is 17.0. The highest BCUT2D eigenvalue weighted by atomic mass is 127.